The number of rotatable bonds is 0. The van der Waals surface area contributed by atoms with Crippen LogP contribution < -0.4 is 0 Å². The molecule has 1 aliphatic heterocycles. The lowest BCUT2D eigenvalue weighted by Gasteiger charge is -2.18. The van der Waals surface area contributed by atoms with Crippen LogP contribution in [0.5, 0.6) is 0 Å². The molecule has 1 heterocycles. The van der Waals surface area contributed by atoms with Gasteiger partial charge in [0.25, 0.3) is 5.91 Å². The third-order valence-corrected chi connectivity index (χ3v) is 2.72. The molecule has 0 spiro atoms. The van der Waals surface area contributed by atoms with Gasteiger partial charge >= 0.3 is 6.03 Å². The average molecular weight is 241 g/mol. The van der Waals surface area contributed by atoms with Crippen LogP contribution >= 0.6 is 27.9 Å². The Kier molecular flexibility index (Phi) is 1.88. The highest BCUT2D eigenvalue weighted by Crippen LogP contribution is 2.30. The first-order valence-corrected chi connectivity index (χ1v) is 3.94. The molecule has 62 valence electrons. The zero-order valence-corrected chi connectivity index (χ0v) is 8.31. The van der Waals surface area contributed by atoms with Gasteiger partial charge in [-0.05, 0) is 13.8 Å². The van der Waals surface area contributed by atoms with Gasteiger partial charge in [0.05, 0.1) is 16.1 Å². The predicted octanol–water partition coefficient (Wildman–Crippen LogP) is 1.49. The minimum Gasteiger partial charge on any atom is -0.271 e. The molecule has 0 unspecified atom stereocenters. The van der Waals surface area contributed by atoms with Gasteiger partial charge in [-0.25, -0.2) is 9.21 Å². The number of hydrogen-bond acceptors (Lipinski definition) is 2. The van der Waals surface area contributed by atoms with E-state index in [0.717, 1.165) is 8.34 Å². The van der Waals surface area contributed by atoms with Crippen LogP contribution in [0.1, 0.15) is 13.8 Å². The van der Waals surface area contributed by atoms with Crippen LogP contribution in [0.3, 0.4) is 0 Å². The summed E-state index contributed by atoms with van der Waals surface area (Å²) < 4.78 is 1.68. The van der Waals surface area contributed by atoms with Crippen molar-refractivity contribution in [2.45, 2.75) is 19.4 Å². The summed E-state index contributed by atoms with van der Waals surface area (Å²) >= 11 is 8.33. The van der Waals surface area contributed by atoms with E-state index in [0.29, 0.717) is 0 Å². The maximum absolute atomic E-state index is 11.2. The first kappa shape index (κ1) is 8.80. The Bertz CT molecular complexity index is 231. The molecule has 3 amide bonds. The fourth-order valence-corrected chi connectivity index (χ4v) is 1.56. The summed E-state index contributed by atoms with van der Waals surface area (Å²) in [6.07, 6.45) is 0. The fraction of sp³-hybridized carbons (Fsp3) is 0.600. The Morgan fingerprint density at radius 1 is 1.45 bits per heavy atom. The topological polar surface area (TPSA) is 40.6 Å². The number of amides is 3. The van der Waals surface area contributed by atoms with Crippen molar-refractivity contribution >= 4 is 39.9 Å². The lowest BCUT2D eigenvalue weighted by atomic mass is 10.1. The summed E-state index contributed by atoms with van der Waals surface area (Å²) in [7, 11) is 0. The molecular formula is C5H6BrClN2O2. The van der Waals surface area contributed by atoms with Gasteiger partial charge in [0.15, 0.2) is 0 Å². The smallest absolute Gasteiger partial charge is 0.271 e. The number of urea groups is 1. The minimum atomic E-state index is -0.956. The van der Waals surface area contributed by atoms with Crippen molar-refractivity contribution in [3.63, 3.8) is 0 Å². The van der Waals surface area contributed by atoms with Gasteiger partial charge in [-0.3, -0.25) is 4.79 Å². The number of halogens is 2. The van der Waals surface area contributed by atoms with Crippen molar-refractivity contribution in [3.05, 3.63) is 0 Å². The molecule has 1 rings (SSSR count). The highest BCUT2D eigenvalue weighted by atomic mass is 79.9. The zero-order valence-electron chi connectivity index (χ0n) is 5.97. The van der Waals surface area contributed by atoms with Crippen LogP contribution in [0.25, 0.3) is 0 Å². The number of imide groups is 1. The van der Waals surface area contributed by atoms with E-state index in [1.807, 2.05) is 0 Å². The van der Waals surface area contributed by atoms with Crippen molar-refractivity contribution in [1.29, 1.82) is 0 Å². The molecule has 0 saturated carbocycles. The van der Waals surface area contributed by atoms with Crippen LogP contribution in [0.2, 0.25) is 0 Å². The normalized spacial score (nSPS) is 23.3. The number of nitrogens with zero attached hydrogens (tertiary/aromatic N) is 2. The molecule has 6 heteroatoms. The lowest BCUT2D eigenvalue weighted by Crippen LogP contribution is -2.38. The monoisotopic (exact) mass is 240 g/mol. The van der Waals surface area contributed by atoms with Crippen LogP contribution in [0, 0.1) is 0 Å². The third kappa shape index (κ3) is 1.03. The van der Waals surface area contributed by atoms with Crippen molar-refractivity contribution in [1.82, 2.24) is 8.34 Å². The molecule has 1 aliphatic rings. The molecule has 1 fully saturated rings. The van der Waals surface area contributed by atoms with Gasteiger partial charge in [-0.2, -0.15) is 3.93 Å². The second kappa shape index (κ2) is 2.35. The van der Waals surface area contributed by atoms with Crippen molar-refractivity contribution < 1.29 is 9.59 Å². The van der Waals surface area contributed by atoms with Gasteiger partial charge in [0, 0.05) is 11.8 Å². The largest absolute Gasteiger partial charge is 0.352 e. The molecule has 0 aromatic rings. The van der Waals surface area contributed by atoms with Crippen LogP contribution in [-0.4, -0.2) is 25.8 Å². The van der Waals surface area contributed by atoms with E-state index in [-0.39, 0.29) is 5.91 Å². The second-order valence-corrected chi connectivity index (χ2v) is 3.76. The molecule has 11 heavy (non-hydrogen) atoms. The maximum atomic E-state index is 11.2. The van der Waals surface area contributed by atoms with Crippen molar-refractivity contribution in [3.8, 4) is 0 Å². The van der Waals surface area contributed by atoms with Gasteiger partial charge in [0.1, 0.15) is 5.54 Å². The molecule has 0 aliphatic carbocycles. The van der Waals surface area contributed by atoms with E-state index in [2.05, 4.69) is 16.1 Å². The minimum absolute atomic E-state index is 0.363. The molecule has 0 bridgehead atoms. The lowest BCUT2D eigenvalue weighted by molar-refractivity contribution is -0.127. The van der Waals surface area contributed by atoms with E-state index in [1.165, 1.54) is 0 Å². The van der Waals surface area contributed by atoms with E-state index in [9.17, 15) is 9.59 Å². The molecule has 0 N–H and O–H groups in total. The summed E-state index contributed by atoms with van der Waals surface area (Å²) in [6.45, 7) is 3.14. The standard InChI is InChI=1S/C5H6BrClN2O2/c1-5(2)3(10)8(6)4(11)9(5)7/h1-2H3. The van der Waals surface area contributed by atoms with Crippen LogP contribution in [0.4, 0.5) is 4.79 Å². The van der Waals surface area contributed by atoms with Crippen molar-refractivity contribution in [2.75, 3.05) is 0 Å². The van der Waals surface area contributed by atoms with Crippen LogP contribution in [-0.2, 0) is 4.79 Å². The zero-order chi connectivity index (χ0) is 8.81. The van der Waals surface area contributed by atoms with Gasteiger partial charge < -0.3 is 0 Å². The van der Waals surface area contributed by atoms with E-state index in [1.54, 1.807) is 13.8 Å². The first-order valence-electron chi connectivity index (χ1n) is 2.89. The number of hydrogen-bond donors (Lipinski definition) is 0. The Labute approximate surface area is 77.5 Å². The summed E-state index contributed by atoms with van der Waals surface area (Å²) in [5.41, 5.74) is -0.956. The van der Waals surface area contributed by atoms with Gasteiger partial charge in [-0.1, -0.05) is 0 Å². The van der Waals surface area contributed by atoms with E-state index >= 15 is 0 Å². The molecule has 1 saturated heterocycles. The van der Waals surface area contributed by atoms with Crippen LogP contribution in [0.15, 0.2) is 0 Å². The number of carbonyl (C=O) groups excluding carboxylic acids is 2. The number of carbonyl (C=O) groups is 2. The molecular weight excluding hydrogens is 235 g/mol. The second-order valence-electron chi connectivity index (χ2n) is 2.71. The summed E-state index contributed by atoms with van der Waals surface area (Å²) in [4.78, 5) is 22.2. The molecule has 0 radical (unpaired) electrons. The van der Waals surface area contributed by atoms with Crippen molar-refractivity contribution in [2.24, 2.45) is 0 Å². The maximum Gasteiger partial charge on any atom is 0.352 e. The van der Waals surface area contributed by atoms with E-state index in [4.69, 9.17) is 11.8 Å². The predicted molar refractivity (Wildman–Crippen MR) is 42.9 cm³/mol. The quantitative estimate of drug-likeness (QED) is 0.476. The Morgan fingerprint density at radius 3 is 2.00 bits per heavy atom. The average Bonchev–Trinajstić information content (AvgIpc) is 2.06. The third-order valence-electron chi connectivity index (χ3n) is 1.53. The molecule has 0 aromatic carbocycles. The summed E-state index contributed by atoms with van der Waals surface area (Å²) in [6, 6.07) is -0.554. The fourth-order valence-electron chi connectivity index (χ4n) is 0.727. The first-order chi connectivity index (χ1) is 4.89. The summed E-state index contributed by atoms with van der Waals surface area (Å²) in [5.74, 6) is -0.363. The Hall–Kier alpha value is -0.290. The summed E-state index contributed by atoms with van der Waals surface area (Å²) in [5, 5.41) is 0. The molecule has 0 aromatic heterocycles. The Balaban J connectivity index is 3.06. The molecule has 4 nitrogen and oxygen atoms in total. The van der Waals surface area contributed by atoms with E-state index < -0.39 is 11.6 Å². The molecule has 0 atom stereocenters. The van der Waals surface area contributed by atoms with Gasteiger partial charge in [-0.15, -0.1) is 0 Å². The highest BCUT2D eigenvalue weighted by Gasteiger charge is 2.50. The highest BCUT2D eigenvalue weighted by molar-refractivity contribution is 9.08. The Morgan fingerprint density at radius 2 is 1.91 bits per heavy atom. The SMILES string of the molecule is CC1(C)C(=O)N(Br)C(=O)N1Cl. The van der Waals surface area contributed by atoms with Gasteiger partial charge in [0.2, 0.25) is 0 Å².